The first-order valence-electron chi connectivity index (χ1n) is 8.82. The highest BCUT2D eigenvalue weighted by Gasteiger charge is 2.43. The number of urea groups is 1. The number of hydrogen-bond donors (Lipinski definition) is 2. The molecule has 0 spiro atoms. The summed E-state index contributed by atoms with van der Waals surface area (Å²) in [7, 11) is 2.75. The molecule has 30 heavy (non-hydrogen) atoms. The molecule has 0 saturated carbocycles. The van der Waals surface area contributed by atoms with Gasteiger partial charge in [0.15, 0.2) is 5.92 Å². The number of carbonyl (C=O) groups is 4. The second-order valence-electron chi connectivity index (χ2n) is 6.32. The van der Waals surface area contributed by atoms with E-state index in [0.29, 0.717) is 11.4 Å². The maximum Gasteiger partial charge on any atom is 0.337 e. The van der Waals surface area contributed by atoms with Crippen LogP contribution < -0.4 is 20.3 Å². The molecule has 0 aliphatic carbocycles. The van der Waals surface area contributed by atoms with Crippen LogP contribution in [0.3, 0.4) is 0 Å². The number of hydrogen-bond acceptors (Lipinski definition) is 7. The maximum atomic E-state index is 13.0. The van der Waals surface area contributed by atoms with E-state index >= 15 is 0 Å². The molecule has 0 radical (unpaired) electrons. The van der Waals surface area contributed by atoms with Gasteiger partial charge in [-0.2, -0.15) is 0 Å². The van der Waals surface area contributed by atoms with Gasteiger partial charge in [-0.1, -0.05) is 12.6 Å². The maximum absolute atomic E-state index is 13.0. The summed E-state index contributed by atoms with van der Waals surface area (Å²) in [6.07, 6.45) is 0. The molecule has 154 valence electrons. The van der Waals surface area contributed by atoms with Crippen molar-refractivity contribution >= 4 is 35.2 Å². The molecule has 0 unspecified atom stereocenters. The molecule has 9 nitrogen and oxygen atoms in total. The molecule has 1 atom stereocenters. The monoisotopic (exact) mass is 409 g/mol. The molecule has 2 aromatic carbocycles. The smallest absolute Gasteiger partial charge is 0.337 e. The number of methoxy groups -OCH3 is 2. The van der Waals surface area contributed by atoms with Crippen LogP contribution in [0.4, 0.5) is 16.2 Å². The fourth-order valence-corrected chi connectivity index (χ4v) is 2.96. The fourth-order valence-electron chi connectivity index (χ4n) is 2.96. The summed E-state index contributed by atoms with van der Waals surface area (Å²) < 4.78 is 9.75. The summed E-state index contributed by atoms with van der Waals surface area (Å²) in [5.41, 5.74) is 1.03. The van der Waals surface area contributed by atoms with E-state index in [1.807, 2.05) is 0 Å². The second-order valence-corrected chi connectivity index (χ2v) is 6.32. The molecular formula is C21H19N3O6. The Kier molecular flexibility index (Phi) is 5.82. The molecule has 2 N–H and O–H groups in total. The molecule has 3 rings (SSSR count). The van der Waals surface area contributed by atoms with Crippen molar-refractivity contribution in [1.82, 2.24) is 5.32 Å². The van der Waals surface area contributed by atoms with Crippen molar-refractivity contribution in [2.45, 2.75) is 0 Å². The predicted molar refractivity (Wildman–Crippen MR) is 108 cm³/mol. The largest absolute Gasteiger partial charge is 0.497 e. The van der Waals surface area contributed by atoms with Gasteiger partial charge in [0.25, 0.3) is 5.91 Å². The molecule has 4 amide bonds. The zero-order valence-electron chi connectivity index (χ0n) is 16.3. The van der Waals surface area contributed by atoms with Gasteiger partial charge in [-0.25, -0.2) is 14.5 Å². The summed E-state index contributed by atoms with van der Waals surface area (Å²) >= 11 is 0. The van der Waals surface area contributed by atoms with Crippen molar-refractivity contribution in [3.8, 4) is 5.75 Å². The van der Waals surface area contributed by atoms with E-state index in [-0.39, 0.29) is 16.9 Å². The van der Waals surface area contributed by atoms with Gasteiger partial charge in [-0.3, -0.25) is 14.9 Å². The van der Waals surface area contributed by atoms with Crippen LogP contribution in [-0.4, -0.2) is 38.0 Å². The number of carbonyl (C=O) groups excluding carboxylic acids is 4. The van der Waals surface area contributed by atoms with Crippen molar-refractivity contribution in [2.75, 3.05) is 24.4 Å². The Morgan fingerprint density at radius 1 is 1.10 bits per heavy atom. The number of ether oxygens (including phenoxy) is 2. The lowest BCUT2D eigenvalue weighted by Gasteiger charge is -2.31. The first-order valence-corrected chi connectivity index (χ1v) is 8.82. The Labute approximate surface area is 172 Å². The molecule has 1 saturated heterocycles. The third-order valence-electron chi connectivity index (χ3n) is 4.43. The van der Waals surface area contributed by atoms with Crippen LogP contribution in [0.5, 0.6) is 5.75 Å². The lowest BCUT2D eigenvalue weighted by molar-refractivity contribution is -0.132. The number of amides is 4. The van der Waals surface area contributed by atoms with Crippen LogP contribution in [0, 0.1) is 5.92 Å². The number of rotatable bonds is 6. The minimum Gasteiger partial charge on any atom is -0.497 e. The highest BCUT2D eigenvalue weighted by atomic mass is 16.5. The van der Waals surface area contributed by atoms with Gasteiger partial charge in [0, 0.05) is 11.4 Å². The van der Waals surface area contributed by atoms with Crippen LogP contribution in [0.2, 0.25) is 0 Å². The van der Waals surface area contributed by atoms with Crippen molar-refractivity contribution in [3.63, 3.8) is 0 Å². The zero-order chi connectivity index (χ0) is 21.8. The summed E-state index contributed by atoms with van der Waals surface area (Å²) in [5.74, 6) is -2.89. The predicted octanol–water partition coefficient (Wildman–Crippen LogP) is 2.31. The molecule has 2 aromatic rings. The van der Waals surface area contributed by atoms with E-state index in [0.717, 1.165) is 4.90 Å². The summed E-state index contributed by atoms with van der Waals surface area (Å²) in [5, 5.41) is 5.02. The van der Waals surface area contributed by atoms with Crippen molar-refractivity contribution in [3.05, 3.63) is 66.4 Å². The Morgan fingerprint density at radius 2 is 1.80 bits per heavy atom. The average molecular weight is 409 g/mol. The molecule has 0 aromatic heterocycles. The number of imide groups is 2. The van der Waals surface area contributed by atoms with Crippen LogP contribution in [0.15, 0.2) is 60.8 Å². The van der Waals surface area contributed by atoms with Gasteiger partial charge in [0.1, 0.15) is 5.75 Å². The first-order chi connectivity index (χ1) is 14.3. The molecule has 1 fully saturated rings. The number of esters is 1. The topological polar surface area (TPSA) is 114 Å². The van der Waals surface area contributed by atoms with Crippen LogP contribution >= 0.6 is 0 Å². The second kappa shape index (κ2) is 8.48. The number of nitrogens with zero attached hydrogens (tertiary/aromatic N) is 1. The third-order valence-corrected chi connectivity index (χ3v) is 4.43. The third kappa shape index (κ3) is 4.00. The van der Waals surface area contributed by atoms with Crippen molar-refractivity contribution in [2.24, 2.45) is 5.92 Å². The van der Waals surface area contributed by atoms with E-state index in [1.54, 1.807) is 30.3 Å². The van der Waals surface area contributed by atoms with E-state index < -0.39 is 29.7 Å². The number of barbiturate groups is 1. The number of benzene rings is 2. The lowest BCUT2D eigenvalue weighted by atomic mass is 10.0. The molecular weight excluding hydrogens is 390 g/mol. The SMILES string of the molecule is C=C(Nc1cccc(C(=O)OC)c1)[C@@H]1C(=O)NC(=O)N(c2ccc(OC)cc2)C1=O. The van der Waals surface area contributed by atoms with Gasteiger partial charge in [-0.05, 0) is 42.5 Å². The van der Waals surface area contributed by atoms with Gasteiger partial charge in [-0.15, -0.1) is 0 Å². The first kappa shape index (κ1) is 20.6. The van der Waals surface area contributed by atoms with Crippen LogP contribution in [-0.2, 0) is 14.3 Å². The van der Waals surface area contributed by atoms with Gasteiger partial charge < -0.3 is 14.8 Å². The summed E-state index contributed by atoms with van der Waals surface area (Å²) in [4.78, 5) is 50.2. The Morgan fingerprint density at radius 3 is 2.43 bits per heavy atom. The molecule has 1 aliphatic rings. The van der Waals surface area contributed by atoms with Crippen LogP contribution in [0.25, 0.3) is 0 Å². The van der Waals surface area contributed by atoms with E-state index in [4.69, 9.17) is 4.74 Å². The normalized spacial score (nSPS) is 16.0. The van der Waals surface area contributed by atoms with E-state index in [9.17, 15) is 19.2 Å². The van der Waals surface area contributed by atoms with Crippen molar-refractivity contribution in [1.29, 1.82) is 0 Å². The summed E-state index contributed by atoms with van der Waals surface area (Å²) in [6.45, 7) is 3.78. The fraction of sp³-hybridized carbons (Fsp3) is 0.143. The van der Waals surface area contributed by atoms with E-state index in [1.165, 1.54) is 32.4 Å². The molecule has 1 heterocycles. The Hall–Kier alpha value is -4.14. The number of nitrogens with one attached hydrogen (secondary N) is 2. The van der Waals surface area contributed by atoms with Crippen LogP contribution in [0.1, 0.15) is 10.4 Å². The van der Waals surface area contributed by atoms with E-state index in [2.05, 4.69) is 21.9 Å². The van der Waals surface area contributed by atoms with Gasteiger partial charge in [0.05, 0.1) is 25.5 Å². The molecule has 1 aliphatic heterocycles. The molecule has 0 bridgehead atoms. The minimum absolute atomic E-state index is 0.0468. The standard InChI is InChI=1S/C21H19N3O6/c1-12(22-14-6-4-5-13(11-14)20(27)30-3)17-18(25)23-21(28)24(19(17)26)15-7-9-16(29-2)10-8-15/h4-11,17,22H,1H2,2-3H3,(H,23,25,28)/t17-/m1/s1. The van der Waals surface area contributed by atoms with Crippen molar-refractivity contribution < 1.29 is 28.7 Å². The zero-order valence-corrected chi connectivity index (χ0v) is 16.3. The highest BCUT2D eigenvalue weighted by molar-refractivity contribution is 6.28. The average Bonchev–Trinajstić information content (AvgIpc) is 2.73. The lowest BCUT2D eigenvalue weighted by Crippen LogP contribution is -2.59. The Balaban J connectivity index is 1.84. The van der Waals surface area contributed by atoms with Gasteiger partial charge in [0.2, 0.25) is 5.91 Å². The molecule has 9 heteroatoms. The van der Waals surface area contributed by atoms with Gasteiger partial charge >= 0.3 is 12.0 Å². The minimum atomic E-state index is -1.36. The number of anilines is 2. The quantitative estimate of drug-likeness (QED) is 0.556. The Bertz CT molecular complexity index is 1030. The highest BCUT2D eigenvalue weighted by Crippen LogP contribution is 2.26. The summed E-state index contributed by atoms with van der Waals surface area (Å²) in [6, 6.07) is 11.7.